The lowest BCUT2D eigenvalue weighted by molar-refractivity contribution is 0.0600. The summed E-state index contributed by atoms with van der Waals surface area (Å²) in [6.07, 6.45) is 0.236. The average Bonchev–Trinajstić information content (AvgIpc) is 3.00. The molecule has 74 valence electrons. The summed E-state index contributed by atoms with van der Waals surface area (Å²) in [5.41, 5.74) is 2.69. The van der Waals surface area contributed by atoms with E-state index in [0.717, 1.165) is 17.7 Å². The molecule has 1 saturated heterocycles. The van der Waals surface area contributed by atoms with Gasteiger partial charge in [0, 0.05) is 0 Å². The summed E-state index contributed by atoms with van der Waals surface area (Å²) in [5, 5.41) is 0. The van der Waals surface area contributed by atoms with E-state index in [-0.39, 0.29) is 12.1 Å². The van der Waals surface area contributed by atoms with E-state index in [9.17, 15) is 4.79 Å². The van der Waals surface area contributed by atoms with Gasteiger partial charge in [0.05, 0.1) is 19.3 Å². The maximum Gasteiger partial charge on any atom is 0.338 e. The fourth-order valence-corrected chi connectivity index (χ4v) is 1.47. The summed E-state index contributed by atoms with van der Waals surface area (Å²) in [7, 11) is 1.39. The van der Waals surface area contributed by atoms with E-state index >= 15 is 0 Å². The Morgan fingerprint density at radius 1 is 1.57 bits per heavy atom. The predicted octanol–water partition coefficient (Wildman–Crippen LogP) is 1.85. The summed E-state index contributed by atoms with van der Waals surface area (Å²) in [5.74, 6) is -0.286. The van der Waals surface area contributed by atoms with Crippen LogP contribution in [0.5, 0.6) is 0 Å². The third kappa shape index (κ3) is 1.63. The zero-order chi connectivity index (χ0) is 10.1. The van der Waals surface area contributed by atoms with E-state index in [4.69, 9.17) is 4.74 Å². The van der Waals surface area contributed by atoms with Gasteiger partial charge in [-0.3, -0.25) is 0 Å². The number of aryl methyl sites for hydroxylation is 1. The molecule has 1 aliphatic heterocycles. The Balaban J connectivity index is 2.30. The van der Waals surface area contributed by atoms with Crippen molar-refractivity contribution >= 4 is 5.97 Å². The van der Waals surface area contributed by atoms with Gasteiger partial charge in [-0.2, -0.15) is 0 Å². The molecule has 3 heteroatoms. The molecule has 1 aromatic rings. The Morgan fingerprint density at radius 3 is 2.79 bits per heavy atom. The number of methoxy groups -OCH3 is 1. The molecule has 1 aliphatic rings. The van der Waals surface area contributed by atoms with Gasteiger partial charge in [-0.25, -0.2) is 4.79 Å². The molecule has 1 aromatic carbocycles. The summed E-state index contributed by atoms with van der Waals surface area (Å²) in [6, 6.07) is 5.68. The minimum absolute atomic E-state index is 0.236. The summed E-state index contributed by atoms with van der Waals surface area (Å²) < 4.78 is 9.82. The number of esters is 1. The number of carbonyl (C=O) groups is 1. The topological polar surface area (TPSA) is 38.8 Å². The van der Waals surface area contributed by atoms with Gasteiger partial charge >= 0.3 is 5.97 Å². The van der Waals surface area contributed by atoms with Crippen LogP contribution < -0.4 is 0 Å². The molecular formula is C11H12O3. The van der Waals surface area contributed by atoms with Crippen LogP contribution >= 0.6 is 0 Å². The molecule has 3 nitrogen and oxygen atoms in total. The van der Waals surface area contributed by atoms with Gasteiger partial charge < -0.3 is 9.47 Å². The fourth-order valence-electron chi connectivity index (χ4n) is 1.47. The first kappa shape index (κ1) is 9.21. The van der Waals surface area contributed by atoms with E-state index in [1.165, 1.54) is 7.11 Å². The molecule has 0 N–H and O–H groups in total. The Bertz CT molecular complexity index is 367. The highest BCUT2D eigenvalue weighted by molar-refractivity contribution is 5.91. The fraction of sp³-hybridized carbons (Fsp3) is 0.364. The summed E-state index contributed by atoms with van der Waals surface area (Å²) in [6.45, 7) is 2.69. The molecule has 1 unspecified atom stereocenters. The molecule has 0 aromatic heterocycles. The number of benzene rings is 1. The van der Waals surface area contributed by atoms with Crippen LogP contribution in [0.25, 0.3) is 0 Å². The van der Waals surface area contributed by atoms with Crippen molar-refractivity contribution < 1.29 is 14.3 Å². The second kappa shape index (κ2) is 3.42. The summed E-state index contributed by atoms with van der Waals surface area (Å²) >= 11 is 0. The number of epoxide rings is 1. The number of hydrogen-bond donors (Lipinski definition) is 0. The van der Waals surface area contributed by atoms with Crippen molar-refractivity contribution in [2.45, 2.75) is 13.0 Å². The molecule has 14 heavy (non-hydrogen) atoms. The first-order valence-corrected chi connectivity index (χ1v) is 4.53. The van der Waals surface area contributed by atoms with Gasteiger partial charge in [0.15, 0.2) is 0 Å². The summed E-state index contributed by atoms with van der Waals surface area (Å²) in [4.78, 5) is 11.3. The molecular weight excluding hydrogens is 180 g/mol. The molecule has 0 radical (unpaired) electrons. The third-order valence-corrected chi connectivity index (χ3v) is 2.36. The second-order valence-electron chi connectivity index (χ2n) is 3.39. The van der Waals surface area contributed by atoms with Crippen LogP contribution in [0.15, 0.2) is 18.2 Å². The van der Waals surface area contributed by atoms with Crippen molar-refractivity contribution in [1.82, 2.24) is 0 Å². The Kier molecular flexibility index (Phi) is 2.25. The first-order valence-electron chi connectivity index (χ1n) is 4.53. The van der Waals surface area contributed by atoms with Crippen molar-refractivity contribution in [3.05, 3.63) is 34.9 Å². The van der Waals surface area contributed by atoms with E-state index in [1.54, 1.807) is 6.07 Å². The van der Waals surface area contributed by atoms with Gasteiger partial charge in [0.1, 0.15) is 6.10 Å². The number of hydrogen-bond acceptors (Lipinski definition) is 3. The molecule has 1 heterocycles. The smallest absolute Gasteiger partial charge is 0.338 e. The van der Waals surface area contributed by atoms with Gasteiger partial charge in [-0.15, -0.1) is 0 Å². The van der Waals surface area contributed by atoms with Crippen molar-refractivity contribution in [2.24, 2.45) is 0 Å². The van der Waals surface area contributed by atoms with E-state index in [2.05, 4.69) is 4.74 Å². The highest BCUT2D eigenvalue weighted by Gasteiger charge is 2.25. The molecule has 0 bridgehead atoms. The van der Waals surface area contributed by atoms with Crippen LogP contribution in [-0.2, 0) is 9.47 Å². The lowest BCUT2D eigenvalue weighted by Gasteiger charge is -2.04. The second-order valence-corrected chi connectivity index (χ2v) is 3.39. The Labute approximate surface area is 82.6 Å². The predicted molar refractivity (Wildman–Crippen MR) is 51.2 cm³/mol. The number of rotatable bonds is 2. The van der Waals surface area contributed by atoms with Gasteiger partial charge in [-0.1, -0.05) is 12.1 Å². The quantitative estimate of drug-likeness (QED) is 0.530. The van der Waals surface area contributed by atoms with Crippen molar-refractivity contribution in [3.8, 4) is 0 Å². The third-order valence-electron chi connectivity index (χ3n) is 2.36. The highest BCUT2D eigenvalue weighted by Crippen LogP contribution is 2.30. The average molecular weight is 192 g/mol. The minimum Gasteiger partial charge on any atom is -0.465 e. The van der Waals surface area contributed by atoms with Crippen LogP contribution in [-0.4, -0.2) is 19.7 Å². The number of ether oxygens (including phenoxy) is 2. The van der Waals surface area contributed by atoms with Crippen LogP contribution in [0, 0.1) is 6.92 Å². The van der Waals surface area contributed by atoms with Crippen molar-refractivity contribution in [3.63, 3.8) is 0 Å². The highest BCUT2D eigenvalue weighted by atomic mass is 16.6. The van der Waals surface area contributed by atoms with Crippen LogP contribution in [0.4, 0.5) is 0 Å². The Hall–Kier alpha value is -1.35. The van der Waals surface area contributed by atoms with Gasteiger partial charge in [0.2, 0.25) is 0 Å². The van der Waals surface area contributed by atoms with E-state index < -0.39 is 0 Å². The SMILES string of the molecule is COC(=O)c1ccc(C2CO2)cc1C. The van der Waals surface area contributed by atoms with Gasteiger partial charge in [0.25, 0.3) is 0 Å². The molecule has 0 saturated carbocycles. The van der Waals surface area contributed by atoms with Crippen LogP contribution in [0.3, 0.4) is 0 Å². The van der Waals surface area contributed by atoms with E-state index in [1.807, 2.05) is 19.1 Å². The van der Waals surface area contributed by atoms with Crippen molar-refractivity contribution in [2.75, 3.05) is 13.7 Å². The normalized spacial score (nSPS) is 19.1. The monoisotopic (exact) mass is 192 g/mol. The molecule has 1 fully saturated rings. The molecule has 0 aliphatic carbocycles. The van der Waals surface area contributed by atoms with Crippen LogP contribution in [0.2, 0.25) is 0 Å². The number of carbonyl (C=O) groups excluding carboxylic acids is 1. The zero-order valence-electron chi connectivity index (χ0n) is 8.24. The molecule has 2 rings (SSSR count). The largest absolute Gasteiger partial charge is 0.465 e. The molecule has 1 atom stereocenters. The standard InChI is InChI=1S/C11H12O3/c1-7-5-8(10-6-14-10)3-4-9(7)11(12)13-2/h3-5,10H,6H2,1-2H3. The lowest BCUT2D eigenvalue weighted by Crippen LogP contribution is -2.03. The van der Waals surface area contributed by atoms with E-state index in [0.29, 0.717) is 5.56 Å². The molecule has 0 spiro atoms. The minimum atomic E-state index is -0.286. The Morgan fingerprint density at radius 2 is 2.29 bits per heavy atom. The maximum absolute atomic E-state index is 11.3. The van der Waals surface area contributed by atoms with Crippen molar-refractivity contribution in [1.29, 1.82) is 0 Å². The molecule has 0 amide bonds. The maximum atomic E-state index is 11.3. The van der Waals surface area contributed by atoms with Gasteiger partial charge in [-0.05, 0) is 24.1 Å². The lowest BCUT2D eigenvalue weighted by atomic mass is 10.0. The first-order chi connectivity index (χ1) is 6.72. The zero-order valence-corrected chi connectivity index (χ0v) is 8.24. The van der Waals surface area contributed by atoms with Crippen LogP contribution in [0.1, 0.15) is 27.6 Å².